The lowest BCUT2D eigenvalue weighted by Crippen LogP contribution is -3.11. The molecule has 0 radical (unpaired) electrons. The third kappa shape index (κ3) is 9.41. The molecule has 0 aromatic heterocycles. The number of hydrogen-bond donors (Lipinski definition) is 4. The minimum absolute atomic E-state index is 0.0194. The van der Waals surface area contributed by atoms with Crippen LogP contribution in [0.5, 0.6) is 0 Å². The van der Waals surface area contributed by atoms with Gasteiger partial charge in [-0.05, 0) is 36.6 Å². The van der Waals surface area contributed by atoms with Gasteiger partial charge in [0.05, 0.1) is 7.05 Å². The third-order valence-corrected chi connectivity index (χ3v) is 3.31. The molecule has 1 aromatic rings. The van der Waals surface area contributed by atoms with Gasteiger partial charge in [0.2, 0.25) is 0 Å². The van der Waals surface area contributed by atoms with Crippen LogP contribution < -0.4 is 20.9 Å². The topological polar surface area (TPSA) is 91.7 Å². The van der Waals surface area contributed by atoms with Gasteiger partial charge >= 0.3 is 6.03 Å². The van der Waals surface area contributed by atoms with E-state index in [-0.39, 0.29) is 24.8 Å². The SMILES string of the molecule is CC(C)CCNC(=O)NC(=O)C[NH+](C)CC(=O)Nc1ccc(F)cc1. The number of rotatable bonds is 8. The highest BCUT2D eigenvalue weighted by atomic mass is 19.1. The molecule has 1 aromatic carbocycles. The Bertz CT molecular complexity index is 590. The molecule has 0 saturated carbocycles. The Kier molecular flexibility index (Phi) is 8.55. The van der Waals surface area contributed by atoms with Crippen molar-refractivity contribution in [1.82, 2.24) is 10.6 Å². The maximum atomic E-state index is 12.8. The Balaban J connectivity index is 2.28. The van der Waals surface area contributed by atoms with Gasteiger partial charge in [-0.25, -0.2) is 9.18 Å². The molecule has 0 fully saturated rings. The molecule has 25 heavy (non-hydrogen) atoms. The molecule has 0 saturated heterocycles. The van der Waals surface area contributed by atoms with E-state index in [2.05, 4.69) is 16.0 Å². The second-order valence-corrected chi connectivity index (χ2v) is 6.35. The second kappa shape index (κ2) is 10.4. The number of carbonyl (C=O) groups excluding carboxylic acids is 3. The standard InChI is InChI=1S/C17H25FN4O3/c1-12(2)8-9-19-17(25)21-16(24)11-22(3)10-15(23)20-14-6-4-13(18)5-7-14/h4-7,12H,8-11H2,1-3H3,(H,20,23)(H2,19,21,24,25)/p+1. The van der Waals surface area contributed by atoms with Crippen molar-refractivity contribution in [2.45, 2.75) is 20.3 Å². The molecule has 1 atom stereocenters. The summed E-state index contributed by atoms with van der Waals surface area (Å²) in [6.45, 7) is 4.61. The van der Waals surface area contributed by atoms with Gasteiger partial charge < -0.3 is 15.5 Å². The summed E-state index contributed by atoms with van der Waals surface area (Å²) in [5, 5.41) is 7.45. The first-order chi connectivity index (χ1) is 11.8. The van der Waals surface area contributed by atoms with E-state index in [1.807, 2.05) is 13.8 Å². The summed E-state index contributed by atoms with van der Waals surface area (Å²) in [6, 6.07) is 4.87. The molecule has 1 unspecified atom stereocenters. The van der Waals surface area contributed by atoms with Crippen LogP contribution in [0.15, 0.2) is 24.3 Å². The molecule has 4 N–H and O–H groups in total. The van der Waals surface area contributed by atoms with Gasteiger partial charge in [0.25, 0.3) is 11.8 Å². The first kappa shape index (κ1) is 20.6. The third-order valence-electron chi connectivity index (χ3n) is 3.31. The fraction of sp³-hybridized carbons (Fsp3) is 0.471. The molecule has 0 heterocycles. The van der Waals surface area contributed by atoms with E-state index in [9.17, 15) is 18.8 Å². The Hall–Kier alpha value is -2.48. The number of nitrogens with one attached hydrogen (secondary N) is 4. The highest BCUT2D eigenvalue weighted by Gasteiger charge is 2.16. The number of imide groups is 1. The fourth-order valence-electron chi connectivity index (χ4n) is 2.04. The van der Waals surface area contributed by atoms with Gasteiger partial charge in [-0.3, -0.25) is 14.9 Å². The second-order valence-electron chi connectivity index (χ2n) is 6.35. The summed E-state index contributed by atoms with van der Waals surface area (Å²) in [5.41, 5.74) is 0.480. The van der Waals surface area contributed by atoms with Crippen LogP contribution in [0.2, 0.25) is 0 Å². The van der Waals surface area contributed by atoms with Crippen molar-refractivity contribution in [1.29, 1.82) is 0 Å². The first-order valence-electron chi connectivity index (χ1n) is 8.20. The summed E-state index contributed by atoms with van der Waals surface area (Å²) in [4.78, 5) is 35.8. The number of benzene rings is 1. The summed E-state index contributed by atoms with van der Waals surface area (Å²) in [7, 11) is 1.67. The van der Waals surface area contributed by atoms with E-state index in [1.54, 1.807) is 7.05 Å². The largest absolute Gasteiger partial charge is 0.338 e. The van der Waals surface area contributed by atoms with Gasteiger partial charge in [0.1, 0.15) is 5.82 Å². The molecule has 4 amide bonds. The van der Waals surface area contributed by atoms with Gasteiger partial charge in [0, 0.05) is 12.2 Å². The minimum Gasteiger partial charge on any atom is -0.338 e. The highest BCUT2D eigenvalue weighted by molar-refractivity contribution is 5.95. The van der Waals surface area contributed by atoms with Crippen LogP contribution in [-0.2, 0) is 9.59 Å². The number of amides is 4. The zero-order valence-corrected chi connectivity index (χ0v) is 14.8. The van der Waals surface area contributed by atoms with Crippen LogP contribution in [0.25, 0.3) is 0 Å². The van der Waals surface area contributed by atoms with Crippen molar-refractivity contribution >= 4 is 23.5 Å². The molecule has 0 aliphatic carbocycles. The van der Waals surface area contributed by atoms with E-state index in [1.165, 1.54) is 24.3 Å². The van der Waals surface area contributed by atoms with Crippen molar-refractivity contribution in [3.63, 3.8) is 0 Å². The summed E-state index contributed by atoms with van der Waals surface area (Å²) in [5.74, 6) is -0.692. The van der Waals surface area contributed by atoms with Gasteiger partial charge in [-0.1, -0.05) is 13.8 Å². The van der Waals surface area contributed by atoms with Crippen molar-refractivity contribution in [2.24, 2.45) is 5.92 Å². The van der Waals surface area contributed by atoms with E-state index in [4.69, 9.17) is 0 Å². The molecule has 0 aliphatic rings. The first-order valence-corrected chi connectivity index (χ1v) is 8.20. The number of carbonyl (C=O) groups is 3. The maximum absolute atomic E-state index is 12.8. The molecule has 0 aliphatic heterocycles. The van der Waals surface area contributed by atoms with Crippen molar-refractivity contribution < 1.29 is 23.7 Å². The van der Waals surface area contributed by atoms with Crippen LogP contribution in [-0.4, -0.2) is 44.5 Å². The average Bonchev–Trinajstić information content (AvgIpc) is 2.48. The zero-order valence-electron chi connectivity index (χ0n) is 14.8. The number of urea groups is 1. The summed E-state index contributed by atoms with van der Waals surface area (Å²) in [6.07, 6.45) is 0.830. The van der Waals surface area contributed by atoms with Gasteiger partial charge in [-0.2, -0.15) is 0 Å². The molecular formula is C17H26FN4O3+. The molecular weight excluding hydrogens is 327 g/mol. The lowest BCUT2D eigenvalue weighted by atomic mass is 10.1. The van der Waals surface area contributed by atoms with Crippen LogP contribution >= 0.6 is 0 Å². The van der Waals surface area contributed by atoms with Gasteiger partial charge in [0.15, 0.2) is 13.1 Å². The number of anilines is 1. The predicted molar refractivity (Wildman–Crippen MR) is 92.6 cm³/mol. The number of hydrogen-bond acceptors (Lipinski definition) is 3. The van der Waals surface area contributed by atoms with Crippen molar-refractivity contribution in [2.75, 3.05) is 32.0 Å². The Morgan fingerprint density at radius 1 is 1.08 bits per heavy atom. The van der Waals surface area contributed by atoms with Crippen LogP contribution in [0.3, 0.4) is 0 Å². The lowest BCUT2D eigenvalue weighted by molar-refractivity contribution is -0.862. The quantitative estimate of drug-likeness (QED) is 0.536. The summed E-state index contributed by atoms with van der Waals surface area (Å²) >= 11 is 0. The molecule has 1 rings (SSSR count). The maximum Gasteiger partial charge on any atom is 0.321 e. The van der Waals surface area contributed by atoms with E-state index < -0.39 is 11.9 Å². The molecule has 7 nitrogen and oxygen atoms in total. The predicted octanol–water partition coefficient (Wildman–Crippen LogP) is 0.151. The monoisotopic (exact) mass is 353 g/mol. The molecule has 0 spiro atoms. The smallest absolute Gasteiger partial charge is 0.321 e. The molecule has 138 valence electrons. The fourth-order valence-corrected chi connectivity index (χ4v) is 2.04. The van der Waals surface area contributed by atoms with Gasteiger partial charge in [-0.15, -0.1) is 0 Å². The van der Waals surface area contributed by atoms with E-state index in [0.717, 1.165) is 6.42 Å². The highest BCUT2D eigenvalue weighted by Crippen LogP contribution is 2.07. The van der Waals surface area contributed by atoms with Crippen molar-refractivity contribution in [3.8, 4) is 0 Å². The summed E-state index contributed by atoms with van der Waals surface area (Å²) < 4.78 is 12.8. The zero-order chi connectivity index (χ0) is 18.8. The van der Waals surface area contributed by atoms with Crippen LogP contribution in [0.1, 0.15) is 20.3 Å². The Morgan fingerprint density at radius 3 is 2.28 bits per heavy atom. The van der Waals surface area contributed by atoms with E-state index >= 15 is 0 Å². The minimum atomic E-state index is -0.533. The molecule has 0 bridgehead atoms. The Morgan fingerprint density at radius 2 is 1.68 bits per heavy atom. The lowest BCUT2D eigenvalue weighted by Gasteiger charge is -2.14. The number of quaternary nitrogens is 1. The van der Waals surface area contributed by atoms with E-state index in [0.29, 0.717) is 23.0 Å². The van der Waals surface area contributed by atoms with Crippen molar-refractivity contribution in [3.05, 3.63) is 30.1 Å². The van der Waals surface area contributed by atoms with Crippen LogP contribution in [0, 0.1) is 11.7 Å². The number of likely N-dealkylation sites (N-methyl/N-ethyl adjacent to an activating group) is 1. The Labute approximate surface area is 147 Å². The van der Waals surface area contributed by atoms with Crippen LogP contribution in [0.4, 0.5) is 14.9 Å². The average molecular weight is 353 g/mol. The number of halogens is 1. The normalized spacial score (nSPS) is 11.7. The molecule has 8 heteroatoms.